The molecule has 1 N–H and O–H groups in total. The summed E-state index contributed by atoms with van der Waals surface area (Å²) in [4.78, 5) is 39.8. The molecule has 2 aliphatic rings. The summed E-state index contributed by atoms with van der Waals surface area (Å²) in [5.41, 5.74) is 4.65. The number of carbonyl (C=O) groups is 3. The van der Waals surface area contributed by atoms with Crippen LogP contribution in [0, 0.1) is 6.92 Å². The maximum Gasteiger partial charge on any atom is 0.410 e. The first-order chi connectivity index (χ1) is 15.1. The van der Waals surface area contributed by atoms with Crippen molar-refractivity contribution in [2.24, 2.45) is 7.05 Å². The minimum atomic E-state index is -0.519. The third-order valence-electron chi connectivity index (χ3n) is 6.01. The number of aryl methyl sites for hydroxylation is 1. The summed E-state index contributed by atoms with van der Waals surface area (Å²) in [6.07, 6.45) is 2.80. The Hall–Kier alpha value is -3.29. The highest BCUT2D eigenvalue weighted by Crippen LogP contribution is 2.38. The van der Waals surface area contributed by atoms with Crippen LogP contribution in [0.15, 0.2) is 24.3 Å². The molecule has 0 radical (unpaired) electrons. The van der Waals surface area contributed by atoms with Crippen LogP contribution in [0.3, 0.4) is 0 Å². The smallest absolute Gasteiger partial charge is 0.410 e. The molecule has 0 bridgehead atoms. The third kappa shape index (κ3) is 3.97. The summed E-state index contributed by atoms with van der Waals surface area (Å²) in [7, 11) is 1.99. The van der Waals surface area contributed by atoms with Gasteiger partial charge in [-0.2, -0.15) is 0 Å². The number of imide groups is 1. The second kappa shape index (κ2) is 8.00. The molecular weight excluding hydrogens is 408 g/mol. The van der Waals surface area contributed by atoms with E-state index in [1.165, 1.54) is 5.57 Å². The first-order valence-electron chi connectivity index (χ1n) is 10.9. The number of urea groups is 1. The van der Waals surface area contributed by atoms with E-state index in [1.54, 1.807) is 9.80 Å². The Balaban J connectivity index is 1.68. The van der Waals surface area contributed by atoms with Gasteiger partial charge in [0.25, 0.3) is 0 Å². The molecule has 170 valence electrons. The lowest BCUT2D eigenvalue weighted by Crippen LogP contribution is -2.49. The van der Waals surface area contributed by atoms with Gasteiger partial charge in [-0.05, 0) is 45.8 Å². The van der Waals surface area contributed by atoms with E-state index in [1.807, 2.05) is 40.0 Å². The molecule has 3 heterocycles. The number of amides is 4. The molecule has 2 aliphatic heterocycles. The first kappa shape index (κ1) is 21.9. The topological polar surface area (TPSA) is 83.9 Å². The van der Waals surface area contributed by atoms with Crippen LogP contribution in [-0.2, 0) is 16.6 Å². The summed E-state index contributed by atoms with van der Waals surface area (Å²) < 4.78 is 7.60. The van der Waals surface area contributed by atoms with Gasteiger partial charge in [0, 0.05) is 49.7 Å². The lowest BCUT2D eigenvalue weighted by atomic mass is 9.96. The number of anilines is 1. The molecule has 1 fully saturated rings. The number of fused-ring (bicyclic) bond motifs is 1. The minimum Gasteiger partial charge on any atom is -0.444 e. The predicted octanol–water partition coefficient (Wildman–Crippen LogP) is 3.96. The summed E-state index contributed by atoms with van der Waals surface area (Å²) in [5.74, 6) is -0.246. The number of hydrogen-bond donors (Lipinski definition) is 1. The highest BCUT2D eigenvalue weighted by Gasteiger charge is 2.29. The maximum absolute atomic E-state index is 12.5. The van der Waals surface area contributed by atoms with E-state index < -0.39 is 5.60 Å². The molecular formula is C24H30N4O4. The van der Waals surface area contributed by atoms with Gasteiger partial charge >= 0.3 is 12.1 Å². The molecule has 0 spiro atoms. The van der Waals surface area contributed by atoms with Crippen molar-refractivity contribution in [2.75, 3.05) is 24.5 Å². The van der Waals surface area contributed by atoms with Crippen molar-refractivity contribution in [2.45, 2.75) is 46.1 Å². The largest absolute Gasteiger partial charge is 0.444 e. The number of aromatic nitrogens is 1. The summed E-state index contributed by atoms with van der Waals surface area (Å²) in [5, 5.41) is 3.47. The van der Waals surface area contributed by atoms with Crippen LogP contribution in [0.1, 0.15) is 44.9 Å². The van der Waals surface area contributed by atoms with Crippen LogP contribution in [0.4, 0.5) is 15.3 Å². The molecule has 1 aromatic carbocycles. The van der Waals surface area contributed by atoms with Crippen molar-refractivity contribution in [3.8, 4) is 0 Å². The minimum absolute atomic E-state index is 0.246. The quantitative estimate of drug-likeness (QED) is 0.769. The summed E-state index contributed by atoms with van der Waals surface area (Å²) in [6.45, 7) is 9.11. The Labute approximate surface area is 187 Å². The Morgan fingerprint density at radius 2 is 1.88 bits per heavy atom. The standard InChI is InChI=1S/C24H30N4O4/c1-15-20(16-9-12-27(13-10-16)23(31)32-24(2,3)4)17-7-6-8-18(21(17)26(15)5)28-14-11-19(29)25-22(28)30/h6-9H,10-14H2,1-5H3,(H,25,29,30). The van der Waals surface area contributed by atoms with Crippen molar-refractivity contribution in [1.82, 2.24) is 14.8 Å². The van der Waals surface area contributed by atoms with Crippen LogP contribution >= 0.6 is 0 Å². The second-order valence-electron chi connectivity index (χ2n) is 9.35. The SMILES string of the molecule is Cc1c(C2=CCN(C(=O)OC(C)(C)C)CC2)c2cccc(N3CCC(=O)NC3=O)c2n1C. The highest BCUT2D eigenvalue weighted by molar-refractivity contribution is 6.11. The fourth-order valence-corrected chi connectivity index (χ4v) is 4.42. The van der Waals surface area contributed by atoms with E-state index in [4.69, 9.17) is 4.74 Å². The number of hydrogen-bond acceptors (Lipinski definition) is 4. The normalized spacial score (nSPS) is 17.5. The molecule has 4 rings (SSSR count). The van der Waals surface area contributed by atoms with Crippen molar-refractivity contribution in [3.05, 3.63) is 35.5 Å². The Morgan fingerprint density at radius 3 is 2.50 bits per heavy atom. The Bertz CT molecular complexity index is 1140. The zero-order valence-corrected chi connectivity index (χ0v) is 19.3. The van der Waals surface area contributed by atoms with Gasteiger partial charge in [-0.3, -0.25) is 15.0 Å². The zero-order valence-electron chi connectivity index (χ0n) is 19.3. The van der Waals surface area contributed by atoms with Crippen LogP contribution in [0.25, 0.3) is 16.5 Å². The highest BCUT2D eigenvalue weighted by atomic mass is 16.6. The monoisotopic (exact) mass is 438 g/mol. The van der Waals surface area contributed by atoms with Crippen molar-refractivity contribution >= 4 is 40.2 Å². The fourth-order valence-electron chi connectivity index (χ4n) is 4.42. The summed E-state index contributed by atoms with van der Waals surface area (Å²) in [6, 6.07) is 5.54. The number of benzene rings is 1. The molecule has 32 heavy (non-hydrogen) atoms. The van der Waals surface area contributed by atoms with Gasteiger partial charge in [-0.15, -0.1) is 0 Å². The average Bonchev–Trinajstić information content (AvgIpc) is 2.97. The molecule has 0 unspecified atom stereocenters. The molecule has 0 saturated carbocycles. The molecule has 0 aliphatic carbocycles. The number of para-hydroxylation sites is 1. The van der Waals surface area contributed by atoms with E-state index in [0.717, 1.165) is 34.3 Å². The number of nitrogens with zero attached hydrogens (tertiary/aromatic N) is 3. The van der Waals surface area contributed by atoms with E-state index in [-0.39, 0.29) is 24.5 Å². The lowest BCUT2D eigenvalue weighted by molar-refractivity contribution is -0.120. The van der Waals surface area contributed by atoms with E-state index >= 15 is 0 Å². The van der Waals surface area contributed by atoms with Crippen LogP contribution < -0.4 is 10.2 Å². The lowest BCUT2D eigenvalue weighted by Gasteiger charge is -2.29. The predicted molar refractivity (Wildman–Crippen MR) is 124 cm³/mol. The van der Waals surface area contributed by atoms with Gasteiger partial charge in [0.2, 0.25) is 5.91 Å². The van der Waals surface area contributed by atoms with Gasteiger partial charge in [0.05, 0.1) is 11.2 Å². The van der Waals surface area contributed by atoms with Gasteiger partial charge < -0.3 is 14.2 Å². The van der Waals surface area contributed by atoms with Gasteiger partial charge in [0.15, 0.2) is 0 Å². The average molecular weight is 439 g/mol. The van der Waals surface area contributed by atoms with Crippen molar-refractivity contribution in [1.29, 1.82) is 0 Å². The number of nitrogens with one attached hydrogen (secondary N) is 1. The number of ether oxygens (including phenoxy) is 1. The zero-order chi connectivity index (χ0) is 23.2. The molecule has 8 heteroatoms. The van der Waals surface area contributed by atoms with Crippen LogP contribution in [0.2, 0.25) is 0 Å². The van der Waals surface area contributed by atoms with E-state index in [2.05, 4.69) is 29.0 Å². The molecule has 8 nitrogen and oxygen atoms in total. The maximum atomic E-state index is 12.5. The van der Waals surface area contributed by atoms with Crippen molar-refractivity contribution in [3.63, 3.8) is 0 Å². The summed E-state index contributed by atoms with van der Waals surface area (Å²) >= 11 is 0. The fraction of sp³-hybridized carbons (Fsp3) is 0.458. The molecule has 0 atom stereocenters. The number of rotatable bonds is 2. The van der Waals surface area contributed by atoms with Gasteiger partial charge in [0.1, 0.15) is 5.60 Å². The van der Waals surface area contributed by atoms with Gasteiger partial charge in [-0.1, -0.05) is 18.2 Å². The van der Waals surface area contributed by atoms with Crippen LogP contribution in [-0.4, -0.2) is 52.7 Å². The second-order valence-corrected chi connectivity index (χ2v) is 9.35. The Kier molecular flexibility index (Phi) is 5.48. The van der Waals surface area contributed by atoms with E-state index in [9.17, 15) is 14.4 Å². The molecule has 2 aromatic rings. The molecule has 1 saturated heterocycles. The van der Waals surface area contributed by atoms with E-state index in [0.29, 0.717) is 19.6 Å². The third-order valence-corrected chi connectivity index (χ3v) is 6.01. The number of carbonyl (C=O) groups excluding carboxylic acids is 3. The van der Waals surface area contributed by atoms with Gasteiger partial charge in [-0.25, -0.2) is 9.59 Å². The first-order valence-corrected chi connectivity index (χ1v) is 10.9. The van der Waals surface area contributed by atoms with Crippen LogP contribution in [0.5, 0.6) is 0 Å². The molecule has 1 aromatic heterocycles. The van der Waals surface area contributed by atoms with Crippen molar-refractivity contribution < 1.29 is 19.1 Å². The Morgan fingerprint density at radius 1 is 1.12 bits per heavy atom. The molecule has 4 amide bonds.